The van der Waals surface area contributed by atoms with Crippen LogP contribution < -0.4 is 10.6 Å². The van der Waals surface area contributed by atoms with Crippen LogP contribution in [0.2, 0.25) is 0 Å². The summed E-state index contributed by atoms with van der Waals surface area (Å²) in [4.78, 5) is 2.11. The molecule has 1 fully saturated rings. The molecule has 2 N–H and O–H groups in total. The molecule has 2 rings (SSSR count). The van der Waals surface area contributed by atoms with E-state index < -0.39 is 9.84 Å². The third-order valence-electron chi connectivity index (χ3n) is 3.11. The van der Waals surface area contributed by atoms with E-state index in [1.54, 1.807) is 0 Å². The van der Waals surface area contributed by atoms with Gasteiger partial charge in [-0.1, -0.05) is 18.2 Å². The number of nitrogens with zero attached hydrogens (tertiary/aromatic N) is 1. The molecule has 5 heteroatoms. The van der Waals surface area contributed by atoms with E-state index >= 15 is 0 Å². The summed E-state index contributed by atoms with van der Waals surface area (Å²) < 4.78 is 22.8. The quantitative estimate of drug-likeness (QED) is 0.853. The first-order valence-electron chi connectivity index (χ1n) is 5.79. The molecule has 0 radical (unpaired) electrons. The second kappa shape index (κ2) is 4.66. The lowest BCUT2D eigenvalue weighted by atomic mass is 10.1. The van der Waals surface area contributed by atoms with Gasteiger partial charge >= 0.3 is 0 Å². The topological polar surface area (TPSA) is 63.4 Å². The molecule has 0 aromatic heterocycles. The Labute approximate surface area is 102 Å². The van der Waals surface area contributed by atoms with Gasteiger partial charge in [-0.2, -0.15) is 0 Å². The molecule has 1 aromatic rings. The van der Waals surface area contributed by atoms with Crippen LogP contribution in [0.1, 0.15) is 18.5 Å². The van der Waals surface area contributed by atoms with Crippen molar-refractivity contribution in [3.8, 4) is 0 Å². The Balaban J connectivity index is 2.24. The Bertz CT molecular complexity index is 483. The van der Waals surface area contributed by atoms with Crippen LogP contribution in [0.5, 0.6) is 0 Å². The van der Waals surface area contributed by atoms with Crippen molar-refractivity contribution in [1.29, 1.82) is 0 Å². The average molecular weight is 254 g/mol. The maximum atomic E-state index is 11.4. The Morgan fingerprint density at radius 2 is 1.82 bits per heavy atom. The fourth-order valence-electron chi connectivity index (χ4n) is 2.11. The van der Waals surface area contributed by atoms with Crippen molar-refractivity contribution < 1.29 is 8.42 Å². The first-order valence-corrected chi connectivity index (χ1v) is 7.61. The first kappa shape index (κ1) is 12.4. The standard InChI is InChI=1S/C12H18N2O2S/c1-10(13)11-4-2-3-5-12(11)14-6-8-17(15,16)9-7-14/h2-5,10H,6-9,13H2,1H3/t10-/m0/s1. The highest BCUT2D eigenvalue weighted by molar-refractivity contribution is 7.91. The predicted molar refractivity (Wildman–Crippen MR) is 69.9 cm³/mol. The lowest BCUT2D eigenvalue weighted by Crippen LogP contribution is -2.40. The molecule has 94 valence electrons. The van der Waals surface area contributed by atoms with Crippen LogP contribution in [0.25, 0.3) is 0 Å². The highest BCUT2D eigenvalue weighted by atomic mass is 32.2. The van der Waals surface area contributed by atoms with E-state index in [1.807, 2.05) is 31.2 Å². The number of rotatable bonds is 2. The molecule has 0 saturated carbocycles. The SMILES string of the molecule is C[C@H](N)c1ccccc1N1CCS(=O)(=O)CC1. The van der Waals surface area contributed by atoms with Crippen LogP contribution in [0, 0.1) is 0 Å². The third-order valence-corrected chi connectivity index (χ3v) is 4.72. The number of hydrogen-bond donors (Lipinski definition) is 1. The van der Waals surface area contributed by atoms with Crippen molar-refractivity contribution in [3.63, 3.8) is 0 Å². The van der Waals surface area contributed by atoms with Gasteiger partial charge in [0.1, 0.15) is 0 Å². The molecule has 1 saturated heterocycles. The molecule has 1 aromatic carbocycles. The van der Waals surface area contributed by atoms with Gasteiger partial charge in [-0.25, -0.2) is 8.42 Å². The zero-order valence-electron chi connectivity index (χ0n) is 9.96. The van der Waals surface area contributed by atoms with Gasteiger partial charge in [-0.15, -0.1) is 0 Å². The lowest BCUT2D eigenvalue weighted by molar-refractivity contribution is 0.586. The minimum Gasteiger partial charge on any atom is -0.369 e. The molecular formula is C12H18N2O2S. The van der Waals surface area contributed by atoms with Crippen LogP contribution >= 0.6 is 0 Å². The number of nitrogens with two attached hydrogens (primary N) is 1. The first-order chi connectivity index (χ1) is 7.99. The summed E-state index contributed by atoms with van der Waals surface area (Å²) in [5, 5.41) is 0. The van der Waals surface area contributed by atoms with E-state index in [0.717, 1.165) is 11.3 Å². The van der Waals surface area contributed by atoms with Gasteiger partial charge in [0.05, 0.1) is 11.5 Å². The van der Waals surface area contributed by atoms with Gasteiger partial charge in [-0.05, 0) is 18.6 Å². The molecule has 1 atom stereocenters. The summed E-state index contributed by atoms with van der Waals surface area (Å²) in [5.74, 6) is 0.473. The van der Waals surface area contributed by atoms with Crippen LogP contribution in [-0.2, 0) is 9.84 Å². The molecular weight excluding hydrogens is 236 g/mol. The summed E-state index contributed by atoms with van der Waals surface area (Å²) in [5.41, 5.74) is 8.07. The zero-order valence-corrected chi connectivity index (χ0v) is 10.8. The van der Waals surface area contributed by atoms with Crippen molar-refractivity contribution >= 4 is 15.5 Å². The van der Waals surface area contributed by atoms with E-state index in [4.69, 9.17) is 5.73 Å². The predicted octanol–water partition coefficient (Wildman–Crippen LogP) is 0.941. The number of benzene rings is 1. The summed E-state index contributed by atoms with van der Waals surface area (Å²) >= 11 is 0. The Morgan fingerprint density at radius 3 is 2.41 bits per heavy atom. The van der Waals surface area contributed by atoms with E-state index in [2.05, 4.69) is 4.90 Å². The monoisotopic (exact) mass is 254 g/mol. The second-order valence-electron chi connectivity index (χ2n) is 4.49. The second-order valence-corrected chi connectivity index (χ2v) is 6.79. The lowest BCUT2D eigenvalue weighted by Gasteiger charge is -2.31. The fourth-order valence-corrected chi connectivity index (χ4v) is 3.32. The van der Waals surface area contributed by atoms with E-state index in [1.165, 1.54) is 0 Å². The van der Waals surface area contributed by atoms with Gasteiger partial charge in [0.25, 0.3) is 0 Å². The van der Waals surface area contributed by atoms with Crippen LogP contribution in [0.3, 0.4) is 0 Å². The van der Waals surface area contributed by atoms with Crippen molar-refractivity contribution in [1.82, 2.24) is 0 Å². The fraction of sp³-hybridized carbons (Fsp3) is 0.500. The summed E-state index contributed by atoms with van der Waals surface area (Å²) in [6.45, 7) is 3.07. The minimum atomic E-state index is -2.83. The molecule has 1 aliphatic rings. The molecule has 1 heterocycles. The average Bonchev–Trinajstić information content (AvgIpc) is 2.29. The molecule has 0 bridgehead atoms. The van der Waals surface area contributed by atoms with E-state index in [-0.39, 0.29) is 17.5 Å². The molecule has 17 heavy (non-hydrogen) atoms. The van der Waals surface area contributed by atoms with Crippen molar-refractivity contribution in [3.05, 3.63) is 29.8 Å². The van der Waals surface area contributed by atoms with Gasteiger partial charge in [0, 0.05) is 24.8 Å². The maximum absolute atomic E-state index is 11.4. The summed E-state index contributed by atoms with van der Waals surface area (Å²) in [7, 11) is -2.83. The maximum Gasteiger partial charge on any atom is 0.153 e. The molecule has 1 aliphatic heterocycles. The Hall–Kier alpha value is -1.07. The minimum absolute atomic E-state index is 0.0373. The zero-order chi connectivity index (χ0) is 12.5. The highest BCUT2D eigenvalue weighted by Crippen LogP contribution is 2.26. The smallest absolute Gasteiger partial charge is 0.153 e. The number of anilines is 1. The summed E-state index contributed by atoms with van der Waals surface area (Å²) in [6.07, 6.45) is 0. The van der Waals surface area contributed by atoms with Crippen LogP contribution in [0.4, 0.5) is 5.69 Å². The van der Waals surface area contributed by atoms with Gasteiger partial charge < -0.3 is 10.6 Å². The largest absolute Gasteiger partial charge is 0.369 e. The molecule has 0 unspecified atom stereocenters. The molecule has 0 aliphatic carbocycles. The normalized spacial score (nSPS) is 21.2. The van der Waals surface area contributed by atoms with Crippen LogP contribution in [0.15, 0.2) is 24.3 Å². The number of sulfone groups is 1. The number of hydrogen-bond acceptors (Lipinski definition) is 4. The van der Waals surface area contributed by atoms with Gasteiger partial charge in [-0.3, -0.25) is 0 Å². The van der Waals surface area contributed by atoms with Crippen molar-refractivity contribution in [2.75, 3.05) is 29.5 Å². The van der Waals surface area contributed by atoms with Gasteiger partial charge in [0.15, 0.2) is 9.84 Å². The summed E-state index contributed by atoms with van der Waals surface area (Å²) in [6, 6.07) is 7.90. The molecule has 0 amide bonds. The van der Waals surface area contributed by atoms with E-state index in [0.29, 0.717) is 13.1 Å². The van der Waals surface area contributed by atoms with E-state index in [9.17, 15) is 8.42 Å². The Kier molecular flexibility index (Phi) is 3.40. The van der Waals surface area contributed by atoms with Crippen molar-refractivity contribution in [2.24, 2.45) is 5.73 Å². The number of para-hydroxylation sites is 1. The van der Waals surface area contributed by atoms with Crippen molar-refractivity contribution in [2.45, 2.75) is 13.0 Å². The molecule has 0 spiro atoms. The van der Waals surface area contributed by atoms with Gasteiger partial charge in [0.2, 0.25) is 0 Å². The Morgan fingerprint density at radius 1 is 1.24 bits per heavy atom. The highest BCUT2D eigenvalue weighted by Gasteiger charge is 2.23. The van der Waals surface area contributed by atoms with Crippen LogP contribution in [-0.4, -0.2) is 33.0 Å². The molecule has 4 nitrogen and oxygen atoms in total. The third kappa shape index (κ3) is 2.79.